The summed E-state index contributed by atoms with van der Waals surface area (Å²) in [6.45, 7) is 4.20. The maximum absolute atomic E-state index is 10.5. The average Bonchev–Trinajstić information content (AvgIpc) is 2.15. The third-order valence-electron chi connectivity index (χ3n) is 2.67. The minimum atomic E-state index is -0.889. The van der Waals surface area contributed by atoms with Crippen LogP contribution in [-0.4, -0.2) is 41.2 Å². The molecule has 0 aliphatic rings. The molecule has 0 saturated carbocycles. The Kier molecular flexibility index (Phi) is 4.66. The van der Waals surface area contributed by atoms with Gasteiger partial charge in [0.25, 0.3) is 0 Å². The smallest absolute Gasteiger partial charge is 0.317 e. The van der Waals surface area contributed by atoms with Crippen molar-refractivity contribution in [2.45, 2.75) is 20.0 Å². The molecule has 4 heteroatoms. The lowest BCUT2D eigenvalue weighted by Crippen LogP contribution is -2.30. The van der Waals surface area contributed by atoms with Gasteiger partial charge in [-0.1, -0.05) is 23.8 Å². The van der Waals surface area contributed by atoms with Crippen molar-refractivity contribution in [1.82, 2.24) is 4.90 Å². The van der Waals surface area contributed by atoms with E-state index in [0.717, 1.165) is 16.7 Å². The van der Waals surface area contributed by atoms with Gasteiger partial charge in [0, 0.05) is 6.54 Å². The number of aliphatic hydroxyl groups is 1. The van der Waals surface area contributed by atoms with E-state index in [1.807, 2.05) is 32.0 Å². The molecule has 2 N–H and O–H groups in total. The van der Waals surface area contributed by atoms with Gasteiger partial charge in [0.2, 0.25) is 0 Å². The van der Waals surface area contributed by atoms with Crippen LogP contribution in [0.5, 0.6) is 0 Å². The molecule has 94 valence electrons. The van der Waals surface area contributed by atoms with Crippen molar-refractivity contribution in [3.05, 3.63) is 34.9 Å². The van der Waals surface area contributed by atoms with E-state index >= 15 is 0 Å². The second-order valence-electron chi connectivity index (χ2n) is 4.47. The largest absolute Gasteiger partial charge is 0.480 e. The number of aliphatic carboxylic acids is 1. The van der Waals surface area contributed by atoms with Gasteiger partial charge in [0.05, 0.1) is 12.6 Å². The third kappa shape index (κ3) is 4.17. The zero-order chi connectivity index (χ0) is 13.0. The first-order chi connectivity index (χ1) is 7.90. The Labute approximate surface area is 101 Å². The van der Waals surface area contributed by atoms with Gasteiger partial charge in [0.15, 0.2) is 0 Å². The maximum atomic E-state index is 10.5. The zero-order valence-electron chi connectivity index (χ0n) is 10.5. The van der Waals surface area contributed by atoms with Crippen LogP contribution >= 0.6 is 0 Å². The summed E-state index contributed by atoms with van der Waals surface area (Å²) in [5.41, 5.74) is 3.03. The van der Waals surface area contributed by atoms with Crippen molar-refractivity contribution in [2.75, 3.05) is 20.1 Å². The van der Waals surface area contributed by atoms with E-state index < -0.39 is 12.1 Å². The Bertz CT molecular complexity index is 404. The van der Waals surface area contributed by atoms with E-state index in [-0.39, 0.29) is 6.54 Å². The summed E-state index contributed by atoms with van der Waals surface area (Å²) in [5, 5.41) is 18.7. The van der Waals surface area contributed by atoms with Crippen LogP contribution in [0, 0.1) is 13.8 Å². The number of aryl methyl sites for hydroxylation is 2. The maximum Gasteiger partial charge on any atom is 0.317 e. The molecule has 1 rings (SSSR count). The van der Waals surface area contributed by atoms with Crippen LogP contribution in [0.2, 0.25) is 0 Å². The minimum Gasteiger partial charge on any atom is -0.480 e. The average molecular weight is 237 g/mol. The van der Waals surface area contributed by atoms with Crippen molar-refractivity contribution >= 4 is 5.97 Å². The fourth-order valence-corrected chi connectivity index (χ4v) is 1.89. The van der Waals surface area contributed by atoms with Crippen molar-refractivity contribution in [3.8, 4) is 0 Å². The van der Waals surface area contributed by atoms with Crippen LogP contribution in [-0.2, 0) is 4.79 Å². The van der Waals surface area contributed by atoms with Crippen molar-refractivity contribution in [3.63, 3.8) is 0 Å². The molecule has 0 saturated heterocycles. The molecule has 0 aromatic heterocycles. The molecular weight excluding hydrogens is 218 g/mol. The van der Waals surface area contributed by atoms with Crippen LogP contribution in [0.25, 0.3) is 0 Å². The van der Waals surface area contributed by atoms with Gasteiger partial charge in [-0.25, -0.2) is 0 Å². The molecule has 1 aromatic carbocycles. The lowest BCUT2D eigenvalue weighted by Gasteiger charge is -2.20. The van der Waals surface area contributed by atoms with Gasteiger partial charge in [-0.2, -0.15) is 0 Å². The van der Waals surface area contributed by atoms with Crippen LogP contribution in [0.1, 0.15) is 22.8 Å². The van der Waals surface area contributed by atoms with E-state index in [1.54, 1.807) is 11.9 Å². The second-order valence-corrected chi connectivity index (χ2v) is 4.47. The predicted molar refractivity (Wildman–Crippen MR) is 66.0 cm³/mol. The fourth-order valence-electron chi connectivity index (χ4n) is 1.89. The van der Waals surface area contributed by atoms with Gasteiger partial charge in [-0.05, 0) is 32.0 Å². The zero-order valence-corrected chi connectivity index (χ0v) is 10.5. The summed E-state index contributed by atoms with van der Waals surface area (Å²) >= 11 is 0. The summed E-state index contributed by atoms with van der Waals surface area (Å²) in [7, 11) is 1.68. The molecule has 0 aliphatic carbocycles. The fraction of sp³-hybridized carbons (Fsp3) is 0.462. The summed E-state index contributed by atoms with van der Waals surface area (Å²) in [6, 6.07) is 5.85. The van der Waals surface area contributed by atoms with Gasteiger partial charge >= 0.3 is 5.97 Å². The number of hydrogen-bond acceptors (Lipinski definition) is 3. The summed E-state index contributed by atoms with van der Waals surface area (Å²) < 4.78 is 0. The molecule has 0 fully saturated rings. The first kappa shape index (κ1) is 13.7. The standard InChI is InChI=1S/C13H19NO3/c1-9-4-5-11(10(2)6-9)12(15)7-14(3)8-13(16)17/h4-6,12,15H,7-8H2,1-3H3,(H,16,17). The summed E-state index contributed by atoms with van der Waals surface area (Å²) in [5.74, 6) is -0.889. The Morgan fingerprint density at radius 2 is 2.06 bits per heavy atom. The lowest BCUT2D eigenvalue weighted by molar-refractivity contribution is -0.138. The lowest BCUT2D eigenvalue weighted by atomic mass is 10.0. The van der Waals surface area contributed by atoms with E-state index in [1.165, 1.54) is 0 Å². The molecule has 4 nitrogen and oxygen atoms in total. The Morgan fingerprint density at radius 3 is 2.59 bits per heavy atom. The number of carboxylic acids is 1. The van der Waals surface area contributed by atoms with Gasteiger partial charge in [0.1, 0.15) is 0 Å². The van der Waals surface area contributed by atoms with E-state index in [9.17, 15) is 9.90 Å². The summed E-state index contributed by atoms with van der Waals surface area (Å²) in [4.78, 5) is 12.1. The molecule has 0 aliphatic heterocycles. The van der Waals surface area contributed by atoms with E-state index in [2.05, 4.69) is 0 Å². The van der Waals surface area contributed by atoms with E-state index in [4.69, 9.17) is 5.11 Å². The SMILES string of the molecule is Cc1ccc(C(O)CN(C)CC(=O)O)c(C)c1. The molecule has 0 heterocycles. The Morgan fingerprint density at radius 1 is 1.41 bits per heavy atom. The molecule has 1 aromatic rings. The number of likely N-dealkylation sites (N-methyl/N-ethyl adjacent to an activating group) is 1. The first-order valence-electron chi connectivity index (χ1n) is 5.55. The van der Waals surface area contributed by atoms with Gasteiger partial charge in [-0.3, -0.25) is 9.69 Å². The molecule has 0 radical (unpaired) electrons. The molecule has 1 unspecified atom stereocenters. The van der Waals surface area contributed by atoms with Crippen LogP contribution in [0.4, 0.5) is 0 Å². The molecule has 0 spiro atoms. The highest BCUT2D eigenvalue weighted by Gasteiger charge is 2.14. The van der Waals surface area contributed by atoms with Crippen LogP contribution < -0.4 is 0 Å². The first-order valence-corrected chi connectivity index (χ1v) is 5.55. The van der Waals surface area contributed by atoms with Crippen molar-refractivity contribution in [2.24, 2.45) is 0 Å². The number of hydrogen-bond donors (Lipinski definition) is 2. The highest BCUT2D eigenvalue weighted by atomic mass is 16.4. The highest BCUT2D eigenvalue weighted by Crippen LogP contribution is 2.19. The molecule has 1 atom stereocenters. The molecule has 0 bridgehead atoms. The Hall–Kier alpha value is -1.39. The number of carbonyl (C=O) groups is 1. The number of nitrogens with zero attached hydrogens (tertiary/aromatic N) is 1. The molecule has 17 heavy (non-hydrogen) atoms. The number of rotatable bonds is 5. The van der Waals surface area contributed by atoms with Crippen LogP contribution in [0.3, 0.4) is 0 Å². The van der Waals surface area contributed by atoms with Gasteiger partial charge in [-0.15, -0.1) is 0 Å². The highest BCUT2D eigenvalue weighted by molar-refractivity contribution is 5.69. The van der Waals surface area contributed by atoms with Crippen molar-refractivity contribution < 1.29 is 15.0 Å². The summed E-state index contributed by atoms with van der Waals surface area (Å²) in [6.07, 6.45) is -0.653. The number of aliphatic hydroxyl groups excluding tert-OH is 1. The van der Waals surface area contributed by atoms with Gasteiger partial charge < -0.3 is 10.2 Å². The molecule has 0 amide bonds. The van der Waals surface area contributed by atoms with E-state index in [0.29, 0.717) is 6.54 Å². The quantitative estimate of drug-likeness (QED) is 0.811. The number of carboxylic acid groups (broad SMARTS) is 1. The van der Waals surface area contributed by atoms with Crippen LogP contribution in [0.15, 0.2) is 18.2 Å². The Balaban J connectivity index is 2.69. The monoisotopic (exact) mass is 237 g/mol. The normalized spacial score (nSPS) is 12.8. The molecular formula is C13H19NO3. The van der Waals surface area contributed by atoms with Crippen molar-refractivity contribution in [1.29, 1.82) is 0 Å². The number of benzene rings is 1. The third-order valence-corrected chi connectivity index (χ3v) is 2.67. The minimum absolute atomic E-state index is 0.0675. The second kappa shape index (κ2) is 5.80. The topological polar surface area (TPSA) is 60.8 Å². The predicted octanol–water partition coefficient (Wildman–Crippen LogP) is 1.35.